The lowest BCUT2D eigenvalue weighted by atomic mass is 10.1. The number of benzene rings is 1. The molecule has 2 N–H and O–H groups in total. The smallest absolute Gasteiger partial charge is 0.0707 e. The van der Waals surface area contributed by atoms with Gasteiger partial charge in [-0.05, 0) is 11.6 Å². The minimum Gasteiger partial charge on any atom is -0.391 e. The Hall–Kier alpha value is -0.420. The molecule has 0 spiro atoms. The van der Waals surface area contributed by atoms with E-state index in [9.17, 15) is 5.11 Å². The first-order valence-corrected chi connectivity index (χ1v) is 6.89. The van der Waals surface area contributed by atoms with Crippen molar-refractivity contribution in [3.05, 3.63) is 34.3 Å². The maximum atomic E-state index is 10.1. The Balaban J connectivity index is 1.84. The molecule has 4 heteroatoms. The molecule has 0 radical (unpaired) electrons. The molecule has 0 saturated carbocycles. The molecule has 1 aromatic rings. The van der Waals surface area contributed by atoms with E-state index in [0.29, 0.717) is 6.42 Å². The summed E-state index contributed by atoms with van der Waals surface area (Å²) in [4.78, 5) is 2.32. The molecule has 3 nitrogen and oxygen atoms in total. The lowest BCUT2D eigenvalue weighted by Crippen LogP contribution is -2.46. The molecule has 0 aromatic heterocycles. The molecule has 1 heterocycles. The summed E-state index contributed by atoms with van der Waals surface area (Å²) in [6, 6.07) is 8.09. The fraction of sp³-hybridized carbons (Fsp3) is 0.538. The zero-order valence-electron chi connectivity index (χ0n) is 9.90. The predicted octanol–water partition coefficient (Wildman–Crippen LogP) is 1.26. The van der Waals surface area contributed by atoms with Crippen molar-refractivity contribution in [1.82, 2.24) is 10.2 Å². The third-order valence-corrected chi connectivity index (χ3v) is 3.87. The number of aliphatic hydroxyl groups is 1. The lowest BCUT2D eigenvalue weighted by molar-refractivity contribution is 0.105. The van der Waals surface area contributed by atoms with Gasteiger partial charge in [0.05, 0.1) is 6.10 Å². The Labute approximate surface area is 111 Å². The van der Waals surface area contributed by atoms with Gasteiger partial charge >= 0.3 is 0 Å². The summed E-state index contributed by atoms with van der Waals surface area (Å²) in [5.74, 6) is 0. The zero-order chi connectivity index (χ0) is 12.1. The van der Waals surface area contributed by atoms with E-state index >= 15 is 0 Å². The van der Waals surface area contributed by atoms with Crippen LogP contribution in [-0.2, 0) is 6.42 Å². The van der Waals surface area contributed by atoms with Crippen molar-refractivity contribution < 1.29 is 5.11 Å². The molecule has 0 aliphatic carbocycles. The first-order chi connectivity index (χ1) is 8.25. The van der Waals surface area contributed by atoms with Crippen LogP contribution in [0.3, 0.4) is 0 Å². The highest BCUT2D eigenvalue weighted by molar-refractivity contribution is 9.10. The maximum Gasteiger partial charge on any atom is 0.0707 e. The summed E-state index contributed by atoms with van der Waals surface area (Å²) in [5.41, 5.74) is 1.18. The number of halogens is 1. The van der Waals surface area contributed by atoms with Crippen molar-refractivity contribution in [2.75, 3.05) is 32.7 Å². The van der Waals surface area contributed by atoms with E-state index in [0.717, 1.165) is 37.2 Å². The Kier molecular flexibility index (Phi) is 4.98. The molecule has 2 rings (SSSR count). The molecule has 94 valence electrons. The van der Waals surface area contributed by atoms with Crippen LogP contribution in [0.4, 0.5) is 0 Å². The van der Waals surface area contributed by atoms with E-state index in [2.05, 4.69) is 32.2 Å². The van der Waals surface area contributed by atoms with Crippen molar-refractivity contribution >= 4 is 15.9 Å². The highest BCUT2D eigenvalue weighted by atomic mass is 79.9. The average molecular weight is 299 g/mol. The van der Waals surface area contributed by atoms with Crippen LogP contribution >= 0.6 is 15.9 Å². The van der Waals surface area contributed by atoms with Crippen LogP contribution in [0.25, 0.3) is 0 Å². The van der Waals surface area contributed by atoms with Crippen LogP contribution in [0.5, 0.6) is 0 Å². The monoisotopic (exact) mass is 298 g/mol. The Morgan fingerprint density at radius 2 is 2.00 bits per heavy atom. The van der Waals surface area contributed by atoms with Gasteiger partial charge in [0.15, 0.2) is 0 Å². The maximum absolute atomic E-state index is 10.1. The summed E-state index contributed by atoms with van der Waals surface area (Å²) in [5, 5.41) is 13.4. The van der Waals surface area contributed by atoms with Gasteiger partial charge in [-0.2, -0.15) is 0 Å². The Morgan fingerprint density at radius 3 is 2.71 bits per heavy atom. The Bertz CT molecular complexity index is 353. The number of rotatable bonds is 4. The fourth-order valence-corrected chi connectivity index (χ4v) is 2.62. The second-order valence-electron chi connectivity index (χ2n) is 4.50. The zero-order valence-corrected chi connectivity index (χ0v) is 11.5. The van der Waals surface area contributed by atoms with Gasteiger partial charge in [-0.25, -0.2) is 0 Å². The van der Waals surface area contributed by atoms with Crippen LogP contribution in [0.15, 0.2) is 28.7 Å². The molecule has 1 aromatic carbocycles. The summed E-state index contributed by atoms with van der Waals surface area (Å²) in [6.07, 6.45) is 0.428. The van der Waals surface area contributed by atoms with Crippen molar-refractivity contribution in [3.8, 4) is 0 Å². The third-order valence-electron chi connectivity index (χ3n) is 3.09. The topological polar surface area (TPSA) is 35.5 Å². The second kappa shape index (κ2) is 6.50. The van der Waals surface area contributed by atoms with Crippen molar-refractivity contribution in [1.29, 1.82) is 0 Å². The molecule has 1 saturated heterocycles. The van der Waals surface area contributed by atoms with Gasteiger partial charge in [-0.1, -0.05) is 34.1 Å². The van der Waals surface area contributed by atoms with Crippen molar-refractivity contribution in [2.45, 2.75) is 12.5 Å². The number of piperazine rings is 1. The van der Waals surface area contributed by atoms with Gasteiger partial charge in [0, 0.05) is 43.6 Å². The number of β-amino-alcohol motifs (C(OH)–C–C–N with tert-alkyl or cyclic N) is 1. The summed E-state index contributed by atoms with van der Waals surface area (Å²) in [6.45, 7) is 4.90. The van der Waals surface area contributed by atoms with Gasteiger partial charge in [-0.15, -0.1) is 0 Å². The molecular weight excluding hydrogens is 280 g/mol. The first kappa shape index (κ1) is 13.0. The number of aliphatic hydroxyl groups excluding tert-OH is 1. The number of hydrogen-bond acceptors (Lipinski definition) is 3. The minimum atomic E-state index is -0.285. The van der Waals surface area contributed by atoms with Gasteiger partial charge < -0.3 is 10.4 Å². The van der Waals surface area contributed by atoms with Gasteiger partial charge in [0.1, 0.15) is 0 Å². The highest BCUT2D eigenvalue weighted by Crippen LogP contribution is 2.17. The first-order valence-electron chi connectivity index (χ1n) is 6.10. The summed E-state index contributed by atoms with van der Waals surface area (Å²) in [7, 11) is 0. The second-order valence-corrected chi connectivity index (χ2v) is 5.35. The molecule has 1 fully saturated rings. The molecule has 0 bridgehead atoms. The van der Waals surface area contributed by atoms with Crippen LogP contribution < -0.4 is 5.32 Å². The van der Waals surface area contributed by atoms with Crippen LogP contribution in [-0.4, -0.2) is 48.8 Å². The molecule has 1 unspecified atom stereocenters. The minimum absolute atomic E-state index is 0.285. The highest BCUT2D eigenvalue weighted by Gasteiger charge is 2.15. The van der Waals surface area contributed by atoms with E-state index in [1.807, 2.05) is 18.2 Å². The predicted molar refractivity (Wildman–Crippen MR) is 73.2 cm³/mol. The quantitative estimate of drug-likeness (QED) is 0.878. The fourth-order valence-electron chi connectivity index (χ4n) is 2.17. The number of nitrogens with one attached hydrogen (secondary N) is 1. The van der Waals surface area contributed by atoms with Gasteiger partial charge in [-0.3, -0.25) is 4.90 Å². The lowest BCUT2D eigenvalue weighted by Gasteiger charge is -2.29. The summed E-state index contributed by atoms with van der Waals surface area (Å²) < 4.78 is 1.08. The third kappa shape index (κ3) is 4.07. The molecule has 1 aliphatic rings. The Morgan fingerprint density at radius 1 is 1.29 bits per heavy atom. The van der Waals surface area contributed by atoms with E-state index in [1.165, 1.54) is 5.56 Å². The van der Waals surface area contributed by atoms with E-state index in [-0.39, 0.29) is 6.10 Å². The number of nitrogens with zero attached hydrogens (tertiary/aromatic N) is 1. The van der Waals surface area contributed by atoms with E-state index < -0.39 is 0 Å². The molecule has 17 heavy (non-hydrogen) atoms. The molecular formula is C13H19BrN2O. The van der Waals surface area contributed by atoms with Crippen molar-refractivity contribution in [2.24, 2.45) is 0 Å². The molecule has 1 aliphatic heterocycles. The average Bonchev–Trinajstić information content (AvgIpc) is 2.33. The number of hydrogen-bond donors (Lipinski definition) is 2. The summed E-state index contributed by atoms with van der Waals surface area (Å²) >= 11 is 3.52. The van der Waals surface area contributed by atoms with E-state index in [4.69, 9.17) is 0 Å². The van der Waals surface area contributed by atoms with Crippen LogP contribution in [0.2, 0.25) is 0 Å². The SMILES string of the molecule is OC(Cc1ccccc1Br)CN1CCNCC1. The molecule has 1 atom stereocenters. The standard InChI is InChI=1S/C13H19BrN2O/c14-13-4-2-1-3-11(13)9-12(17)10-16-7-5-15-6-8-16/h1-4,12,15,17H,5-10H2. The normalized spacial score (nSPS) is 19.2. The van der Waals surface area contributed by atoms with E-state index in [1.54, 1.807) is 0 Å². The molecule has 0 amide bonds. The van der Waals surface area contributed by atoms with Crippen molar-refractivity contribution in [3.63, 3.8) is 0 Å². The van der Waals surface area contributed by atoms with Crippen LogP contribution in [0.1, 0.15) is 5.56 Å². The van der Waals surface area contributed by atoms with Crippen LogP contribution in [0, 0.1) is 0 Å². The largest absolute Gasteiger partial charge is 0.391 e. The van der Waals surface area contributed by atoms with Gasteiger partial charge in [0.2, 0.25) is 0 Å². The van der Waals surface area contributed by atoms with Gasteiger partial charge in [0.25, 0.3) is 0 Å².